The molecule has 86 valence electrons. The maximum atomic E-state index is 11.1. The number of hydrogen-bond acceptors (Lipinski definition) is 4. The minimum absolute atomic E-state index is 0. The molecule has 15 heavy (non-hydrogen) atoms. The number of hydrogen-bond donors (Lipinski definition) is 0. The molecule has 0 aromatic carbocycles. The summed E-state index contributed by atoms with van der Waals surface area (Å²) in [5.74, 6) is 0.323. The van der Waals surface area contributed by atoms with Crippen LogP contribution in [-0.4, -0.2) is 4.75 Å². The third-order valence-electron chi connectivity index (χ3n) is 2.57. The van der Waals surface area contributed by atoms with Gasteiger partial charge in [0.2, 0.25) is 0 Å². The van der Waals surface area contributed by atoms with Gasteiger partial charge in [-0.2, -0.15) is 5.69 Å². The second-order valence-electron chi connectivity index (χ2n) is 4.11. The fourth-order valence-corrected chi connectivity index (χ4v) is 6.15. The zero-order chi connectivity index (χ0) is 11.4. The Labute approximate surface area is 115 Å². The molecule has 0 aliphatic rings. The standard InChI is InChI=1S/C9H21O2PS2.Zn/c1-5-6-7-9(4,8(2)3)14-12(10,11)13;/h8H,5-7H2,1-4H3,(H2,10,11,13);/q;+2/p-2. The van der Waals surface area contributed by atoms with Crippen molar-refractivity contribution in [1.29, 1.82) is 0 Å². The van der Waals surface area contributed by atoms with Crippen LogP contribution in [0.3, 0.4) is 0 Å². The third kappa shape index (κ3) is 8.29. The largest absolute Gasteiger partial charge is 2.00 e. The zero-order valence-electron chi connectivity index (χ0n) is 9.99. The molecule has 0 aliphatic heterocycles. The predicted octanol–water partition coefficient (Wildman–Crippen LogP) is 2.27. The summed E-state index contributed by atoms with van der Waals surface area (Å²) >= 11 is 5.43. The summed E-state index contributed by atoms with van der Waals surface area (Å²) in [5.41, 5.74) is -3.63. The Balaban J connectivity index is 0. The van der Waals surface area contributed by atoms with Crippen LogP contribution in [0, 0.1) is 5.92 Å². The smallest absolute Gasteiger partial charge is 0.825 e. The molecule has 0 saturated heterocycles. The van der Waals surface area contributed by atoms with Crippen molar-refractivity contribution >= 4 is 28.9 Å². The van der Waals surface area contributed by atoms with E-state index in [1.165, 1.54) is 0 Å². The van der Waals surface area contributed by atoms with Gasteiger partial charge in [-0.15, -0.1) is 23.2 Å². The van der Waals surface area contributed by atoms with Crippen LogP contribution in [0.4, 0.5) is 0 Å². The van der Waals surface area contributed by atoms with Gasteiger partial charge in [0.25, 0.3) is 0 Å². The van der Waals surface area contributed by atoms with E-state index in [1.807, 2.05) is 20.8 Å². The van der Waals surface area contributed by atoms with Crippen molar-refractivity contribution in [2.75, 3.05) is 0 Å². The summed E-state index contributed by atoms with van der Waals surface area (Å²) < 4.78 is -0.227. The van der Waals surface area contributed by atoms with E-state index < -0.39 is 5.69 Å². The first-order chi connectivity index (χ1) is 6.21. The topological polar surface area (TPSA) is 46.1 Å². The summed E-state index contributed by atoms with van der Waals surface area (Å²) in [7, 11) is 0. The monoisotopic (exact) mass is 318 g/mol. The zero-order valence-corrected chi connectivity index (χ0v) is 15.5. The Morgan fingerprint density at radius 3 is 2.13 bits per heavy atom. The molecule has 0 N–H and O–H groups in total. The second-order valence-corrected chi connectivity index (χ2v) is 10.2. The molecule has 0 heterocycles. The first-order valence-electron chi connectivity index (χ1n) is 4.94. The van der Waals surface area contributed by atoms with Crippen molar-refractivity contribution in [3.8, 4) is 0 Å². The van der Waals surface area contributed by atoms with Crippen LogP contribution in [0.1, 0.15) is 47.0 Å². The predicted molar refractivity (Wildman–Crippen MR) is 64.6 cm³/mol. The molecule has 0 saturated carbocycles. The van der Waals surface area contributed by atoms with Crippen molar-refractivity contribution < 1.29 is 29.3 Å². The van der Waals surface area contributed by atoms with Crippen molar-refractivity contribution in [3.05, 3.63) is 0 Å². The molecular weight excluding hydrogens is 301 g/mol. The van der Waals surface area contributed by atoms with Crippen molar-refractivity contribution in [2.24, 2.45) is 5.92 Å². The van der Waals surface area contributed by atoms with Crippen LogP contribution in [-0.2, 0) is 31.3 Å². The molecule has 1 unspecified atom stereocenters. The fourth-order valence-electron chi connectivity index (χ4n) is 1.22. The van der Waals surface area contributed by atoms with E-state index in [9.17, 15) is 9.79 Å². The summed E-state index contributed by atoms with van der Waals surface area (Å²) in [6, 6.07) is 0. The summed E-state index contributed by atoms with van der Waals surface area (Å²) in [6.45, 7) is 8.20. The average Bonchev–Trinajstić information content (AvgIpc) is 1.97. The normalized spacial score (nSPS) is 15.9. The molecule has 0 spiro atoms. The minimum Gasteiger partial charge on any atom is -0.825 e. The van der Waals surface area contributed by atoms with Gasteiger partial charge in [0.15, 0.2) is 0 Å². The van der Waals surface area contributed by atoms with E-state index in [4.69, 9.17) is 0 Å². The van der Waals surface area contributed by atoms with Crippen molar-refractivity contribution in [3.63, 3.8) is 0 Å². The minimum atomic E-state index is -3.63. The molecule has 0 rings (SSSR count). The van der Waals surface area contributed by atoms with E-state index in [0.717, 1.165) is 30.6 Å². The Hall–Kier alpha value is 1.54. The quantitative estimate of drug-likeness (QED) is 0.556. The van der Waals surface area contributed by atoms with Gasteiger partial charge in [-0.1, -0.05) is 33.6 Å². The van der Waals surface area contributed by atoms with Gasteiger partial charge < -0.3 is 9.79 Å². The van der Waals surface area contributed by atoms with E-state index in [2.05, 4.69) is 18.7 Å². The van der Waals surface area contributed by atoms with Crippen LogP contribution >= 0.6 is 17.1 Å². The molecule has 1 atom stereocenters. The molecule has 0 aromatic heterocycles. The molecule has 0 amide bonds. The van der Waals surface area contributed by atoms with Gasteiger partial charge in [0.1, 0.15) is 0 Å². The summed E-state index contributed by atoms with van der Waals surface area (Å²) in [4.78, 5) is 22.2. The molecule has 0 bridgehead atoms. The summed E-state index contributed by atoms with van der Waals surface area (Å²) in [6.07, 6.45) is 3.05. The van der Waals surface area contributed by atoms with Crippen LogP contribution in [0.25, 0.3) is 0 Å². The van der Waals surface area contributed by atoms with Crippen molar-refractivity contribution in [2.45, 2.75) is 51.7 Å². The van der Waals surface area contributed by atoms with Gasteiger partial charge in [-0.3, -0.25) is 0 Å². The molecular formula is C9H19O2PS2Zn. The molecule has 2 nitrogen and oxygen atoms in total. The Morgan fingerprint density at radius 2 is 1.87 bits per heavy atom. The number of unbranched alkanes of at least 4 members (excludes halogenated alkanes) is 1. The van der Waals surface area contributed by atoms with Crippen LogP contribution in [0.2, 0.25) is 0 Å². The summed E-state index contributed by atoms with van der Waals surface area (Å²) in [5, 5.41) is 0. The Morgan fingerprint density at radius 1 is 1.40 bits per heavy atom. The maximum Gasteiger partial charge on any atom is 2.00 e. The Bertz CT molecular complexity index is 220. The fraction of sp³-hybridized carbons (Fsp3) is 1.00. The third-order valence-corrected chi connectivity index (χ3v) is 6.48. The van der Waals surface area contributed by atoms with Crippen LogP contribution in [0.15, 0.2) is 0 Å². The van der Waals surface area contributed by atoms with Crippen molar-refractivity contribution in [1.82, 2.24) is 0 Å². The molecule has 6 heteroatoms. The molecule has 0 aliphatic carbocycles. The van der Waals surface area contributed by atoms with Gasteiger partial charge in [0, 0.05) is 4.75 Å². The molecule has 0 radical (unpaired) electrons. The maximum absolute atomic E-state index is 11.1. The first-order valence-corrected chi connectivity index (χ1v) is 9.00. The second kappa shape index (κ2) is 7.79. The van der Waals surface area contributed by atoms with Crippen LogP contribution in [0.5, 0.6) is 0 Å². The van der Waals surface area contributed by atoms with E-state index >= 15 is 0 Å². The SMILES string of the molecule is CCCCC(C)(SP([O-])([O-])=S)C(C)C.[Zn+2]. The van der Waals surface area contributed by atoms with Gasteiger partial charge in [-0.25, -0.2) is 0 Å². The van der Waals surface area contributed by atoms with E-state index in [-0.39, 0.29) is 24.2 Å². The van der Waals surface area contributed by atoms with E-state index in [0.29, 0.717) is 5.92 Å². The van der Waals surface area contributed by atoms with Crippen LogP contribution < -0.4 is 9.79 Å². The average molecular weight is 320 g/mol. The van der Waals surface area contributed by atoms with Gasteiger partial charge in [-0.05, 0) is 19.3 Å². The first kappa shape index (κ1) is 18.9. The number of rotatable bonds is 6. The van der Waals surface area contributed by atoms with Gasteiger partial charge in [0.05, 0.1) is 0 Å². The molecule has 0 aromatic rings. The van der Waals surface area contributed by atoms with E-state index in [1.54, 1.807) is 0 Å². The Kier molecular flexibility index (Phi) is 9.81. The molecule has 0 fully saturated rings. The van der Waals surface area contributed by atoms with Gasteiger partial charge >= 0.3 is 19.5 Å².